The van der Waals surface area contributed by atoms with Crippen molar-refractivity contribution in [2.24, 2.45) is 7.05 Å². The zero-order chi connectivity index (χ0) is 18.4. The highest BCUT2D eigenvalue weighted by atomic mass is 19.1. The standard InChI is InChI=1S/C19H14FN7/c1-26-11-15(10-23-26)14-6-13-5-12(16(20)8-17(13)21-9-14)7-19-25-24-18-3-2-4-22-27(18)19/h2-6,8-11H,7H2,1H3. The van der Waals surface area contributed by atoms with Crippen LogP contribution in [0.25, 0.3) is 27.7 Å². The minimum atomic E-state index is -0.322. The molecule has 4 heterocycles. The maximum absolute atomic E-state index is 14.6. The summed E-state index contributed by atoms with van der Waals surface area (Å²) in [7, 11) is 1.86. The first-order valence-electron chi connectivity index (χ1n) is 8.40. The zero-order valence-electron chi connectivity index (χ0n) is 14.4. The molecule has 0 atom stereocenters. The van der Waals surface area contributed by atoms with E-state index in [0.29, 0.717) is 22.6 Å². The van der Waals surface area contributed by atoms with Crippen LogP contribution in [0.1, 0.15) is 11.4 Å². The van der Waals surface area contributed by atoms with Gasteiger partial charge in [0.1, 0.15) is 5.82 Å². The summed E-state index contributed by atoms with van der Waals surface area (Å²) in [6.45, 7) is 0. The van der Waals surface area contributed by atoms with Crippen molar-refractivity contribution in [1.82, 2.24) is 34.6 Å². The second-order valence-electron chi connectivity index (χ2n) is 6.35. The molecule has 0 saturated carbocycles. The predicted octanol–water partition coefficient (Wildman–Crippen LogP) is 2.80. The van der Waals surface area contributed by atoms with Crippen molar-refractivity contribution in [2.75, 3.05) is 0 Å². The maximum atomic E-state index is 14.6. The SMILES string of the molecule is Cn1cc(-c2cnc3cc(F)c(Cc4nnc5cccnn45)cc3c2)cn1. The fraction of sp³-hybridized carbons (Fsp3) is 0.105. The molecule has 0 radical (unpaired) electrons. The number of rotatable bonds is 3. The molecule has 4 aromatic heterocycles. The highest BCUT2D eigenvalue weighted by Gasteiger charge is 2.13. The number of hydrogen-bond acceptors (Lipinski definition) is 5. The van der Waals surface area contributed by atoms with E-state index in [0.717, 1.165) is 16.5 Å². The Labute approximate surface area is 153 Å². The lowest BCUT2D eigenvalue weighted by Crippen LogP contribution is -2.01. The van der Waals surface area contributed by atoms with Gasteiger partial charge in [-0.1, -0.05) is 0 Å². The van der Waals surface area contributed by atoms with Gasteiger partial charge < -0.3 is 0 Å². The molecule has 0 amide bonds. The van der Waals surface area contributed by atoms with E-state index in [9.17, 15) is 4.39 Å². The molecule has 8 heteroatoms. The van der Waals surface area contributed by atoms with Gasteiger partial charge in [-0.15, -0.1) is 10.2 Å². The fourth-order valence-electron chi connectivity index (χ4n) is 3.13. The van der Waals surface area contributed by atoms with Gasteiger partial charge in [-0.3, -0.25) is 9.67 Å². The van der Waals surface area contributed by atoms with Gasteiger partial charge in [0.05, 0.1) is 11.7 Å². The molecule has 0 unspecified atom stereocenters. The molecule has 132 valence electrons. The van der Waals surface area contributed by atoms with Gasteiger partial charge >= 0.3 is 0 Å². The van der Waals surface area contributed by atoms with Crippen LogP contribution in [0.15, 0.2) is 55.1 Å². The minimum absolute atomic E-state index is 0.289. The number of aromatic nitrogens is 7. The molecule has 0 aliphatic carbocycles. The molecule has 7 nitrogen and oxygen atoms in total. The Morgan fingerprint density at radius 3 is 2.81 bits per heavy atom. The summed E-state index contributed by atoms with van der Waals surface area (Å²) in [5, 5.41) is 17.5. The van der Waals surface area contributed by atoms with E-state index < -0.39 is 0 Å². The smallest absolute Gasteiger partial charge is 0.177 e. The monoisotopic (exact) mass is 359 g/mol. The Hall–Kier alpha value is -3.68. The van der Waals surface area contributed by atoms with Crippen molar-refractivity contribution in [2.45, 2.75) is 6.42 Å². The zero-order valence-corrected chi connectivity index (χ0v) is 14.4. The van der Waals surface area contributed by atoms with Crippen LogP contribution >= 0.6 is 0 Å². The molecule has 5 aromatic rings. The van der Waals surface area contributed by atoms with Crippen LogP contribution in [0.4, 0.5) is 4.39 Å². The number of pyridine rings is 1. The van der Waals surface area contributed by atoms with E-state index in [4.69, 9.17) is 0 Å². The van der Waals surface area contributed by atoms with Crippen LogP contribution in [0.5, 0.6) is 0 Å². The third kappa shape index (κ3) is 2.71. The molecular weight excluding hydrogens is 345 g/mol. The van der Waals surface area contributed by atoms with E-state index >= 15 is 0 Å². The summed E-state index contributed by atoms with van der Waals surface area (Å²) in [4.78, 5) is 4.39. The number of nitrogens with zero attached hydrogens (tertiary/aromatic N) is 7. The van der Waals surface area contributed by atoms with Gasteiger partial charge in [0.25, 0.3) is 0 Å². The Balaban J connectivity index is 1.58. The summed E-state index contributed by atoms with van der Waals surface area (Å²) >= 11 is 0. The molecule has 5 rings (SSSR count). The van der Waals surface area contributed by atoms with Crippen molar-refractivity contribution in [3.05, 3.63) is 72.3 Å². The Bertz CT molecular complexity index is 1290. The predicted molar refractivity (Wildman–Crippen MR) is 97.5 cm³/mol. The second-order valence-corrected chi connectivity index (χ2v) is 6.35. The molecule has 1 aromatic carbocycles. The summed E-state index contributed by atoms with van der Waals surface area (Å²) in [5.41, 5.74) is 3.66. The van der Waals surface area contributed by atoms with Crippen LogP contribution in [0.2, 0.25) is 0 Å². The highest BCUT2D eigenvalue weighted by Crippen LogP contribution is 2.25. The van der Waals surface area contributed by atoms with Crippen LogP contribution in [-0.4, -0.2) is 34.6 Å². The normalized spacial score (nSPS) is 11.5. The number of halogens is 1. The fourth-order valence-corrected chi connectivity index (χ4v) is 3.13. The topological polar surface area (TPSA) is 73.8 Å². The van der Waals surface area contributed by atoms with Gasteiger partial charge in [0, 0.05) is 54.6 Å². The Morgan fingerprint density at radius 1 is 1.04 bits per heavy atom. The van der Waals surface area contributed by atoms with E-state index in [1.165, 1.54) is 6.07 Å². The van der Waals surface area contributed by atoms with E-state index in [1.807, 2.05) is 31.4 Å². The molecule has 0 bridgehead atoms. The third-order valence-corrected chi connectivity index (χ3v) is 4.48. The van der Waals surface area contributed by atoms with Gasteiger partial charge in [-0.2, -0.15) is 14.7 Å². The molecule has 0 aliphatic rings. The maximum Gasteiger partial charge on any atom is 0.177 e. The van der Waals surface area contributed by atoms with E-state index in [1.54, 1.807) is 33.9 Å². The average molecular weight is 359 g/mol. The third-order valence-electron chi connectivity index (χ3n) is 4.48. The molecule has 27 heavy (non-hydrogen) atoms. The van der Waals surface area contributed by atoms with Gasteiger partial charge in [0.2, 0.25) is 0 Å². The van der Waals surface area contributed by atoms with Crippen molar-refractivity contribution < 1.29 is 4.39 Å². The van der Waals surface area contributed by atoms with Crippen molar-refractivity contribution in [3.63, 3.8) is 0 Å². The first kappa shape index (κ1) is 15.6. The number of hydrogen-bond donors (Lipinski definition) is 0. The lowest BCUT2D eigenvalue weighted by Gasteiger charge is -2.06. The number of aryl methyl sites for hydroxylation is 1. The summed E-state index contributed by atoms with van der Waals surface area (Å²) in [5.74, 6) is 0.261. The minimum Gasteiger partial charge on any atom is -0.275 e. The summed E-state index contributed by atoms with van der Waals surface area (Å²) in [6.07, 6.45) is 7.37. The van der Waals surface area contributed by atoms with Crippen molar-refractivity contribution in [3.8, 4) is 11.1 Å². The van der Waals surface area contributed by atoms with E-state index in [-0.39, 0.29) is 12.2 Å². The van der Waals surface area contributed by atoms with E-state index in [2.05, 4.69) is 25.4 Å². The molecule has 0 spiro atoms. The average Bonchev–Trinajstić information content (AvgIpc) is 3.29. The first-order chi connectivity index (χ1) is 13.2. The van der Waals surface area contributed by atoms with Gasteiger partial charge in [0.15, 0.2) is 11.5 Å². The highest BCUT2D eigenvalue weighted by molar-refractivity contribution is 5.84. The van der Waals surface area contributed by atoms with Crippen LogP contribution < -0.4 is 0 Å². The van der Waals surface area contributed by atoms with Crippen molar-refractivity contribution >= 4 is 16.6 Å². The van der Waals surface area contributed by atoms with Crippen LogP contribution in [0, 0.1) is 5.82 Å². The second kappa shape index (κ2) is 5.94. The first-order valence-corrected chi connectivity index (χ1v) is 8.40. The quantitative estimate of drug-likeness (QED) is 0.495. The Kier molecular flexibility index (Phi) is 3.43. The molecular formula is C19H14FN7. The van der Waals surface area contributed by atoms with Crippen molar-refractivity contribution in [1.29, 1.82) is 0 Å². The van der Waals surface area contributed by atoms with Gasteiger partial charge in [-0.05, 0) is 29.8 Å². The summed E-state index contributed by atoms with van der Waals surface area (Å²) in [6, 6.07) is 8.85. The largest absolute Gasteiger partial charge is 0.275 e. The van der Waals surface area contributed by atoms with Gasteiger partial charge in [-0.25, -0.2) is 4.39 Å². The molecule has 0 N–H and O–H groups in total. The molecule has 0 fully saturated rings. The van der Waals surface area contributed by atoms with Crippen LogP contribution in [-0.2, 0) is 13.5 Å². The lowest BCUT2D eigenvalue weighted by atomic mass is 10.0. The lowest BCUT2D eigenvalue weighted by molar-refractivity contribution is 0.612. The molecule has 0 saturated heterocycles. The number of benzene rings is 1. The Morgan fingerprint density at radius 2 is 1.96 bits per heavy atom. The number of fused-ring (bicyclic) bond motifs is 2. The van der Waals surface area contributed by atoms with Crippen LogP contribution in [0.3, 0.4) is 0 Å². The summed E-state index contributed by atoms with van der Waals surface area (Å²) < 4.78 is 18.0. The molecule has 0 aliphatic heterocycles.